The van der Waals surface area contributed by atoms with Gasteiger partial charge < -0.3 is 20.1 Å². The predicted octanol–water partition coefficient (Wildman–Crippen LogP) is 1.95. The third-order valence-corrected chi connectivity index (χ3v) is 5.16. The zero-order valence-corrected chi connectivity index (χ0v) is 14.0. The normalized spacial score (nSPS) is 18.8. The molecule has 1 unspecified atom stereocenters. The molecule has 1 aromatic carbocycles. The molecule has 2 aliphatic rings. The van der Waals surface area contributed by atoms with Crippen molar-refractivity contribution in [1.29, 1.82) is 0 Å². The Kier molecular flexibility index (Phi) is 4.36. The molecule has 1 atom stereocenters. The summed E-state index contributed by atoms with van der Waals surface area (Å²) in [6.07, 6.45) is 2.63. The Morgan fingerprint density at radius 1 is 1.38 bits per heavy atom. The van der Waals surface area contributed by atoms with Crippen molar-refractivity contribution in [2.24, 2.45) is 0 Å². The zero-order valence-electron chi connectivity index (χ0n) is 13.2. The maximum absolute atomic E-state index is 12.1. The van der Waals surface area contributed by atoms with Crippen molar-refractivity contribution in [3.8, 4) is 22.1 Å². The second kappa shape index (κ2) is 6.78. The van der Waals surface area contributed by atoms with Crippen LogP contribution in [0.4, 0.5) is 0 Å². The molecule has 1 aromatic heterocycles. The van der Waals surface area contributed by atoms with Gasteiger partial charge in [0.05, 0.1) is 12.1 Å². The van der Waals surface area contributed by atoms with Crippen molar-refractivity contribution in [3.63, 3.8) is 0 Å². The quantitative estimate of drug-likeness (QED) is 0.867. The van der Waals surface area contributed by atoms with E-state index < -0.39 is 0 Å². The summed E-state index contributed by atoms with van der Waals surface area (Å²) in [6, 6.07) is 6.19. The van der Waals surface area contributed by atoms with Gasteiger partial charge >= 0.3 is 0 Å². The van der Waals surface area contributed by atoms with Gasteiger partial charge in [0, 0.05) is 23.5 Å². The van der Waals surface area contributed by atoms with Crippen LogP contribution < -0.4 is 20.1 Å². The second-order valence-electron chi connectivity index (χ2n) is 5.99. The molecule has 7 heteroatoms. The second-order valence-corrected chi connectivity index (χ2v) is 6.84. The minimum atomic E-state index is 0.0197. The summed E-state index contributed by atoms with van der Waals surface area (Å²) in [5.41, 5.74) is 1.77. The third kappa shape index (κ3) is 3.37. The molecule has 0 aliphatic carbocycles. The number of nitrogens with zero attached hydrogens (tertiary/aromatic N) is 1. The van der Waals surface area contributed by atoms with E-state index in [1.54, 1.807) is 0 Å². The van der Waals surface area contributed by atoms with Crippen LogP contribution in [0, 0.1) is 0 Å². The minimum absolute atomic E-state index is 0.0197. The van der Waals surface area contributed by atoms with Crippen LogP contribution in [0.5, 0.6) is 11.5 Å². The number of benzene rings is 1. The Bertz CT molecular complexity index is 740. The Morgan fingerprint density at radius 2 is 2.29 bits per heavy atom. The van der Waals surface area contributed by atoms with Crippen LogP contribution in [-0.4, -0.2) is 36.8 Å². The van der Waals surface area contributed by atoms with Gasteiger partial charge in [0.2, 0.25) is 12.7 Å². The number of ether oxygens (including phenoxy) is 2. The SMILES string of the molecule is O=C(Cc1csc(-c2ccc3c(c2)OCO3)n1)NCC1CCCN1. The predicted molar refractivity (Wildman–Crippen MR) is 91.4 cm³/mol. The molecule has 126 valence electrons. The topological polar surface area (TPSA) is 72.5 Å². The van der Waals surface area contributed by atoms with Crippen LogP contribution in [-0.2, 0) is 11.2 Å². The first-order valence-electron chi connectivity index (χ1n) is 8.12. The third-order valence-electron chi connectivity index (χ3n) is 4.22. The average molecular weight is 345 g/mol. The van der Waals surface area contributed by atoms with Crippen molar-refractivity contribution in [3.05, 3.63) is 29.3 Å². The van der Waals surface area contributed by atoms with Crippen LogP contribution in [0.15, 0.2) is 23.6 Å². The molecular weight excluding hydrogens is 326 g/mol. The molecule has 2 N–H and O–H groups in total. The number of fused-ring (bicyclic) bond motifs is 1. The number of hydrogen-bond acceptors (Lipinski definition) is 6. The first-order valence-corrected chi connectivity index (χ1v) is 9.00. The van der Waals surface area contributed by atoms with E-state index in [-0.39, 0.29) is 12.7 Å². The van der Waals surface area contributed by atoms with Gasteiger partial charge in [-0.2, -0.15) is 0 Å². The van der Waals surface area contributed by atoms with Gasteiger partial charge in [-0.25, -0.2) is 4.98 Å². The van der Waals surface area contributed by atoms with Gasteiger partial charge in [0.25, 0.3) is 0 Å². The van der Waals surface area contributed by atoms with Crippen LogP contribution >= 0.6 is 11.3 Å². The number of rotatable bonds is 5. The number of carbonyl (C=O) groups excluding carboxylic acids is 1. The lowest BCUT2D eigenvalue weighted by atomic mass is 10.2. The van der Waals surface area contributed by atoms with Gasteiger partial charge in [-0.05, 0) is 37.6 Å². The fraction of sp³-hybridized carbons (Fsp3) is 0.412. The fourth-order valence-corrected chi connectivity index (χ4v) is 3.76. The molecule has 4 rings (SSSR count). The summed E-state index contributed by atoms with van der Waals surface area (Å²) < 4.78 is 10.7. The van der Waals surface area contributed by atoms with Crippen LogP contribution in [0.3, 0.4) is 0 Å². The lowest BCUT2D eigenvalue weighted by molar-refractivity contribution is -0.120. The Labute approximate surface area is 144 Å². The smallest absolute Gasteiger partial charge is 0.231 e. The first kappa shape index (κ1) is 15.4. The highest BCUT2D eigenvalue weighted by molar-refractivity contribution is 7.13. The highest BCUT2D eigenvalue weighted by Gasteiger charge is 2.17. The summed E-state index contributed by atoms with van der Waals surface area (Å²) in [5.74, 6) is 1.52. The van der Waals surface area contributed by atoms with Crippen LogP contribution in [0.25, 0.3) is 10.6 Å². The number of carbonyl (C=O) groups is 1. The molecule has 1 fully saturated rings. The number of thiazole rings is 1. The van der Waals surface area contributed by atoms with E-state index in [0.717, 1.165) is 40.7 Å². The molecule has 2 aliphatic heterocycles. The van der Waals surface area contributed by atoms with E-state index in [0.29, 0.717) is 19.0 Å². The van der Waals surface area contributed by atoms with Gasteiger partial charge in [-0.15, -0.1) is 11.3 Å². The highest BCUT2D eigenvalue weighted by Crippen LogP contribution is 2.36. The molecule has 1 saturated heterocycles. The van der Waals surface area contributed by atoms with Crippen molar-refractivity contribution in [2.75, 3.05) is 19.9 Å². The van der Waals surface area contributed by atoms with E-state index >= 15 is 0 Å². The van der Waals surface area contributed by atoms with Crippen molar-refractivity contribution < 1.29 is 14.3 Å². The van der Waals surface area contributed by atoms with E-state index in [1.165, 1.54) is 17.8 Å². The number of aromatic nitrogens is 1. The van der Waals surface area contributed by atoms with E-state index in [9.17, 15) is 4.79 Å². The standard InChI is InChI=1S/C17H19N3O3S/c21-16(19-8-12-2-1-5-18-12)7-13-9-24-17(20-13)11-3-4-14-15(6-11)23-10-22-14/h3-4,6,9,12,18H,1-2,5,7-8,10H2,(H,19,21). The number of nitrogens with one attached hydrogen (secondary N) is 2. The molecule has 2 aromatic rings. The lowest BCUT2D eigenvalue weighted by Gasteiger charge is -2.10. The Balaban J connectivity index is 1.36. The van der Waals surface area contributed by atoms with E-state index in [4.69, 9.17) is 9.47 Å². The van der Waals surface area contributed by atoms with Crippen molar-refractivity contribution in [1.82, 2.24) is 15.6 Å². The summed E-state index contributed by atoms with van der Waals surface area (Å²) >= 11 is 1.53. The molecule has 0 spiro atoms. The zero-order chi connectivity index (χ0) is 16.4. The van der Waals surface area contributed by atoms with Crippen molar-refractivity contribution in [2.45, 2.75) is 25.3 Å². The number of hydrogen-bond donors (Lipinski definition) is 2. The number of amides is 1. The summed E-state index contributed by atoms with van der Waals surface area (Å²) in [6.45, 7) is 2.00. The summed E-state index contributed by atoms with van der Waals surface area (Å²) in [5, 5.41) is 9.17. The highest BCUT2D eigenvalue weighted by atomic mass is 32.1. The molecule has 0 bridgehead atoms. The van der Waals surface area contributed by atoms with Gasteiger partial charge in [0.1, 0.15) is 5.01 Å². The maximum atomic E-state index is 12.1. The van der Waals surface area contributed by atoms with Gasteiger partial charge in [-0.1, -0.05) is 0 Å². The summed E-state index contributed by atoms with van der Waals surface area (Å²) in [4.78, 5) is 16.6. The largest absolute Gasteiger partial charge is 0.454 e. The van der Waals surface area contributed by atoms with Crippen molar-refractivity contribution >= 4 is 17.2 Å². The van der Waals surface area contributed by atoms with E-state index in [2.05, 4.69) is 15.6 Å². The molecule has 0 radical (unpaired) electrons. The lowest BCUT2D eigenvalue weighted by Crippen LogP contribution is -2.37. The van der Waals surface area contributed by atoms with Gasteiger partial charge in [0.15, 0.2) is 11.5 Å². The molecule has 1 amide bonds. The Morgan fingerprint density at radius 3 is 3.17 bits per heavy atom. The first-order chi connectivity index (χ1) is 11.8. The van der Waals surface area contributed by atoms with Crippen LogP contribution in [0.1, 0.15) is 18.5 Å². The Hall–Kier alpha value is -2.12. The van der Waals surface area contributed by atoms with E-state index in [1.807, 2.05) is 23.6 Å². The summed E-state index contributed by atoms with van der Waals surface area (Å²) in [7, 11) is 0. The molecular formula is C17H19N3O3S. The maximum Gasteiger partial charge on any atom is 0.231 e. The molecule has 3 heterocycles. The van der Waals surface area contributed by atoms with Gasteiger partial charge in [-0.3, -0.25) is 4.79 Å². The fourth-order valence-electron chi connectivity index (χ4n) is 2.95. The molecule has 6 nitrogen and oxygen atoms in total. The molecule has 0 saturated carbocycles. The van der Waals surface area contributed by atoms with Crippen LogP contribution in [0.2, 0.25) is 0 Å². The monoisotopic (exact) mass is 345 g/mol. The average Bonchev–Trinajstić information content (AvgIpc) is 3.33. The minimum Gasteiger partial charge on any atom is -0.454 e. The molecule has 24 heavy (non-hydrogen) atoms.